The highest BCUT2D eigenvalue weighted by Crippen LogP contribution is 2.28. The van der Waals surface area contributed by atoms with Crippen molar-refractivity contribution >= 4 is 39.9 Å². The third kappa shape index (κ3) is 4.53. The highest BCUT2D eigenvalue weighted by Gasteiger charge is 2.27. The van der Waals surface area contributed by atoms with Crippen LogP contribution in [0.25, 0.3) is 11.0 Å². The predicted molar refractivity (Wildman–Crippen MR) is 115 cm³/mol. The molecule has 0 radical (unpaired) electrons. The van der Waals surface area contributed by atoms with Crippen molar-refractivity contribution in [2.45, 2.75) is 38.6 Å². The molecule has 0 bridgehead atoms. The number of nitrogens with one attached hydrogen (secondary N) is 2. The van der Waals surface area contributed by atoms with Gasteiger partial charge in [-0.3, -0.25) is 9.89 Å². The largest absolute Gasteiger partial charge is 0.375 e. The average molecular weight is 431 g/mol. The second kappa shape index (κ2) is 8.95. The van der Waals surface area contributed by atoms with Crippen LogP contribution in [0.4, 0.5) is 15.9 Å². The van der Waals surface area contributed by atoms with Crippen LogP contribution in [-0.2, 0) is 4.79 Å². The summed E-state index contributed by atoms with van der Waals surface area (Å²) in [6.07, 6.45) is 6.33. The molecule has 1 aromatic carbocycles. The number of aromatic nitrogens is 4. The number of carbonyl (C=O) groups is 1. The molecule has 0 amide bonds. The molecule has 0 saturated carbocycles. The van der Waals surface area contributed by atoms with Gasteiger partial charge in [0, 0.05) is 30.2 Å². The Kier molecular flexibility index (Phi) is 6.13. The van der Waals surface area contributed by atoms with Gasteiger partial charge in [-0.1, -0.05) is 18.5 Å². The maximum atomic E-state index is 13.6. The van der Waals surface area contributed by atoms with Gasteiger partial charge < -0.3 is 10.2 Å². The van der Waals surface area contributed by atoms with Gasteiger partial charge in [0.05, 0.1) is 17.6 Å². The van der Waals surface area contributed by atoms with Crippen LogP contribution in [0, 0.1) is 11.7 Å². The van der Waals surface area contributed by atoms with Crippen molar-refractivity contribution in [3.8, 4) is 0 Å². The number of ketones is 1. The smallest absolute Gasteiger partial charge is 0.160 e. The maximum absolute atomic E-state index is 13.6. The van der Waals surface area contributed by atoms with Gasteiger partial charge in [-0.05, 0) is 43.4 Å². The molecule has 7 nitrogen and oxygen atoms in total. The van der Waals surface area contributed by atoms with Crippen molar-refractivity contribution in [1.82, 2.24) is 20.2 Å². The number of carbonyl (C=O) groups excluding carboxylic acids is 1. The SMILES string of the molecule is CC[C@@H](Nc1cc(F)cc(Cl)c1)C(=O)C[C@@H]1CCCN(c2ncnc3[nH]ncc23)C1. The van der Waals surface area contributed by atoms with E-state index in [0.717, 1.165) is 37.1 Å². The van der Waals surface area contributed by atoms with Gasteiger partial charge in [0.2, 0.25) is 0 Å². The highest BCUT2D eigenvalue weighted by atomic mass is 35.5. The van der Waals surface area contributed by atoms with Crippen LogP contribution in [0.5, 0.6) is 0 Å². The van der Waals surface area contributed by atoms with Crippen LogP contribution in [-0.4, -0.2) is 45.1 Å². The normalized spacial score (nSPS) is 17.8. The third-order valence-electron chi connectivity index (χ3n) is 5.54. The number of hydrogen-bond acceptors (Lipinski definition) is 6. The molecule has 2 N–H and O–H groups in total. The lowest BCUT2D eigenvalue weighted by Crippen LogP contribution is -2.39. The fraction of sp³-hybridized carbons (Fsp3) is 0.429. The summed E-state index contributed by atoms with van der Waals surface area (Å²) in [5.41, 5.74) is 1.23. The van der Waals surface area contributed by atoms with Gasteiger partial charge >= 0.3 is 0 Å². The van der Waals surface area contributed by atoms with E-state index >= 15 is 0 Å². The Labute approximate surface area is 179 Å². The Bertz CT molecular complexity index is 1020. The molecule has 2 atom stereocenters. The second-order valence-electron chi connectivity index (χ2n) is 7.72. The molecule has 3 heterocycles. The zero-order valence-electron chi connectivity index (χ0n) is 16.7. The lowest BCUT2D eigenvalue weighted by molar-refractivity contribution is -0.120. The van der Waals surface area contributed by atoms with Gasteiger partial charge in [-0.2, -0.15) is 5.10 Å². The number of piperidine rings is 1. The first-order chi connectivity index (χ1) is 14.5. The van der Waals surface area contributed by atoms with E-state index in [1.54, 1.807) is 12.3 Å². The van der Waals surface area contributed by atoms with Crippen molar-refractivity contribution in [2.24, 2.45) is 5.92 Å². The number of Topliss-reactive ketones (excluding diaryl/α,β-unsaturated/α-hetero) is 1. The highest BCUT2D eigenvalue weighted by molar-refractivity contribution is 6.30. The van der Waals surface area contributed by atoms with Crippen LogP contribution in [0.15, 0.2) is 30.7 Å². The predicted octanol–water partition coefficient (Wildman–Crippen LogP) is 4.21. The first-order valence-corrected chi connectivity index (χ1v) is 10.6. The van der Waals surface area contributed by atoms with Crippen molar-refractivity contribution in [2.75, 3.05) is 23.3 Å². The summed E-state index contributed by atoms with van der Waals surface area (Å²) in [5.74, 6) is 0.784. The lowest BCUT2D eigenvalue weighted by atomic mass is 9.90. The molecular weight excluding hydrogens is 407 g/mol. The number of fused-ring (bicyclic) bond motifs is 1. The van der Waals surface area contributed by atoms with Crippen LogP contribution < -0.4 is 10.2 Å². The van der Waals surface area contributed by atoms with Crippen LogP contribution >= 0.6 is 11.6 Å². The minimum Gasteiger partial charge on any atom is -0.375 e. The number of halogens is 2. The number of benzene rings is 1. The van der Waals surface area contributed by atoms with Crippen LogP contribution in [0.3, 0.4) is 0 Å². The number of nitrogens with zero attached hydrogens (tertiary/aromatic N) is 4. The first-order valence-electron chi connectivity index (χ1n) is 10.2. The average Bonchev–Trinajstić information content (AvgIpc) is 3.20. The minimum atomic E-state index is -0.425. The van der Waals surface area contributed by atoms with E-state index in [4.69, 9.17) is 11.6 Å². The Hall–Kier alpha value is -2.74. The molecule has 0 spiro atoms. The fourth-order valence-corrected chi connectivity index (χ4v) is 4.33. The van der Waals surface area contributed by atoms with E-state index in [0.29, 0.717) is 29.2 Å². The summed E-state index contributed by atoms with van der Waals surface area (Å²) in [6, 6.07) is 3.86. The molecule has 1 fully saturated rings. The van der Waals surface area contributed by atoms with Crippen molar-refractivity contribution in [1.29, 1.82) is 0 Å². The van der Waals surface area contributed by atoms with E-state index in [2.05, 4.69) is 30.4 Å². The molecule has 0 aliphatic carbocycles. The maximum Gasteiger partial charge on any atom is 0.160 e. The molecule has 2 aromatic heterocycles. The van der Waals surface area contributed by atoms with Crippen molar-refractivity contribution in [3.63, 3.8) is 0 Å². The summed E-state index contributed by atoms with van der Waals surface area (Å²) in [7, 11) is 0. The fourth-order valence-electron chi connectivity index (χ4n) is 4.10. The van der Waals surface area contributed by atoms with E-state index in [-0.39, 0.29) is 17.7 Å². The number of rotatable bonds is 7. The van der Waals surface area contributed by atoms with Crippen LogP contribution in [0.1, 0.15) is 32.6 Å². The quantitative estimate of drug-likeness (QED) is 0.583. The molecule has 1 aliphatic rings. The topological polar surface area (TPSA) is 86.8 Å². The van der Waals surface area contributed by atoms with Gasteiger partial charge in [0.1, 0.15) is 18.0 Å². The Morgan fingerprint density at radius 1 is 1.40 bits per heavy atom. The minimum absolute atomic E-state index is 0.126. The number of H-pyrrole nitrogens is 1. The molecule has 30 heavy (non-hydrogen) atoms. The molecule has 0 unspecified atom stereocenters. The Morgan fingerprint density at radius 3 is 3.07 bits per heavy atom. The van der Waals surface area contributed by atoms with E-state index in [1.807, 2.05) is 6.92 Å². The molecule has 4 rings (SSSR count). The standard InChI is InChI=1S/C21H24ClFN6O/c1-2-18(27-16-8-14(22)7-15(23)9-16)19(30)6-13-4-3-5-29(11-13)21-17-10-26-28-20(17)24-12-25-21/h7-10,12-13,18,27H,2-6,11H2,1H3,(H,24,25,26,28)/t13-,18+/m0/s1. The zero-order chi connectivity index (χ0) is 21.1. The Morgan fingerprint density at radius 2 is 2.27 bits per heavy atom. The van der Waals surface area contributed by atoms with Gasteiger partial charge in [0.25, 0.3) is 0 Å². The lowest BCUT2D eigenvalue weighted by Gasteiger charge is -2.34. The molecule has 1 aliphatic heterocycles. The number of anilines is 2. The molecule has 9 heteroatoms. The monoisotopic (exact) mass is 430 g/mol. The summed E-state index contributed by atoms with van der Waals surface area (Å²) in [4.78, 5) is 23.8. The summed E-state index contributed by atoms with van der Waals surface area (Å²) in [5, 5.41) is 11.3. The number of aromatic amines is 1. The summed E-state index contributed by atoms with van der Waals surface area (Å²) < 4.78 is 13.6. The van der Waals surface area contributed by atoms with Gasteiger partial charge in [-0.25, -0.2) is 14.4 Å². The van der Waals surface area contributed by atoms with E-state index < -0.39 is 5.82 Å². The zero-order valence-corrected chi connectivity index (χ0v) is 17.5. The van der Waals surface area contributed by atoms with E-state index in [1.165, 1.54) is 18.5 Å². The van der Waals surface area contributed by atoms with E-state index in [9.17, 15) is 9.18 Å². The van der Waals surface area contributed by atoms with Crippen LogP contribution in [0.2, 0.25) is 5.02 Å². The van der Waals surface area contributed by atoms with Crippen molar-refractivity contribution in [3.05, 3.63) is 41.6 Å². The molecular formula is C21H24ClFN6O. The first kappa shape index (κ1) is 20.5. The van der Waals surface area contributed by atoms with Gasteiger partial charge in [0.15, 0.2) is 11.4 Å². The Balaban J connectivity index is 1.42. The van der Waals surface area contributed by atoms with Crippen molar-refractivity contribution < 1.29 is 9.18 Å². The second-order valence-corrected chi connectivity index (χ2v) is 8.15. The molecule has 1 saturated heterocycles. The summed E-state index contributed by atoms with van der Waals surface area (Å²) in [6.45, 7) is 3.59. The van der Waals surface area contributed by atoms with Gasteiger partial charge in [-0.15, -0.1) is 0 Å². The summed E-state index contributed by atoms with van der Waals surface area (Å²) >= 11 is 5.93. The molecule has 158 valence electrons. The third-order valence-corrected chi connectivity index (χ3v) is 5.75. The number of hydrogen-bond donors (Lipinski definition) is 2. The molecule has 3 aromatic rings.